The molecule has 0 unspecified atom stereocenters. The average Bonchev–Trinajstić information content (AvgIpc) is 3.11. The van der Waals surface area contributed by atoms with Gasteiger partial charge < -0.3 is 19.5 Å². The van der Waals surface area contributed by atoms with Crippen LogP contribution in [-0.2, 0) is 22.7 Å². The first-order valence-corrected chi connectivity index (χ1v) is 6.26. The molecular formula is C14H16N2O4. The molecule has 6 nitrogen and oxygen atoms in total. The van der Waals surface area contributed by atoms with Gasteiger partial charge in [-0.05, 0) is 31.2 Å². The minimum Gasteiger partial charge on any atom is -0.463 e. The highest BCUT2D eigenvalue weighted by molar-refractivity contribution is 5.46. The van der Waals surface area contributed by atoms with E-state index in [1.54, 1.807) is 0 Å². The maximum Gasteiger partial charge on any atom is 0.207 e. The van der Waals surface area contributed by atoms with E-state index in [-0.39, 0.29) is 5.92 Å². The molecule has 0 aromatic carbocycles. The number of amides is 2. The van der Waals surface area contributed by atoms with Crippen molar-refractivity contribution in [3.05, 3.63) is 47.3 Å². The Morgan fingerprint density at radius 1 is 0.950 bits per heavy atom. The fourth-order valence-electron chi connectivity index (χ4n) is 1.87. The Morgan fingerprint density at radius 3 is 1.80 bits per heavy atom. The summed E-state index contributed by atoms with van der Waals surface area (Å²) in [6.45, 7) is 2.69. The minimum absolute atomic E-state index is 0.0371. The highest BCUT2D eigenvalue weighted by atomic mass is 16.4. The molecule has 0 fully saturated rings. The van der Waals surface area contributed by atoms with Crippen LogP contribution in [0.15, 0.2) is 33.1 Å². The molecule has 6 heteroatoms. The molecule has 0 aliphatic rings. The second kappa shape index (κ2) is 6.60. The third-order valence-electron chi connectivity index (χ3n) is 2.94. The Hall–Kier alpha value is -2.50. The third kappa shape index (κ3) is 3.28. The SMILES string of the molecule is CC(c1ccc(CNC=O)o1)c1ccc(CNC=O)o1. The maximum atomic E-state index is 10.2. The zero-order valence-corrected chi connectivity index (χ0v) is 11.1. The molecule has 0 aliphatic heterocycles. The molecule has 2 aromatic rings. The van der Waals surface area contributed by atoms with Gasteiger partial charge in [0.15, 0.2) is 0 Å². The predicted octanol–water partition coefficient (Wildman–Crippen LogP) is 1.52. The minimum atomic E-state index is -0.0371. The van der Waals surface area contributed by atoms with Crippen LogP contribution in [0.4, 0.5) is 0 Å². The van der Waals surface area contributed by atoms with Crippen molar-refractivity contribution in [1.29, 1.82) is 0 Å². The van der Waals surface area contributed by atoms with Crippen molar-refractivity contribution in [3.63, 3.8) is 0 Å². The van der Waals surface area contributed by atoms with Crippen LogP contribution in [0.1, 0.15) is 35.9 Å². The van der Waals surface area contributed by atoms with E-state index < -0.39 is 0 Å². The average molecular weight is 276 g/mol. The van der Waals surface area contributed by atoms with Crippen molar-refractivity contribution in [1.82, 2.24) is 10.6 Å². The lowest BCUT2D eigenvalue weighted by atomic mass is 10.1. The van der Waals surface area contributed by atoms with Gasteiger partial charge in [0.05, 0.1) is 19.0 Å². The molecule has 2 amide bonds. The van der Waals surface area contributed by atoms with Gasteiger partial charge in [0.2, 0.25) is 12.8 Å². The van der Waals surface area contributed by atoms with Crippen molar-refractivity contribution in [3.8, 4) is 0 Å². The summed E-state index contributed by atoms with van der Waals surface area (Å²) in [5.74, 6) is 2.86. The van der Waals surface area contributed by atoms with E-state index >= 15 is 0 Å². The number of furan rings is 2. The normalized spacial score (nSPS) is 10.5. The predicted molar refractivity (Wildman–Crippen MR) is 70.7 cm³/mol. The molecule has 0 spiro atoms. The van der Waals surface area contributed by atoms with Crippen LogP contribution in [0.2, 0.25) is 0 Å². The maximum absolute atomic E-state index is 10.2. The Balaban J connectivity index is 2.04. The molecule has 2 aromatic heterocycles. The molecule has 2 heterocycles. The Kier molecular flexibility index (Phi) is 4.60. The third-order valence-corrected chi connectivity index (χ3v) is 2.94. The quantitative estimate of drug-likeness (QED) is 0.716. The molecule has 2 N–H and O–H groups in total. The molecular weight excluding hydrogens is 260 g/mol. The van der Waals surface area contributed by atoms with Crippen LogP contribution in [0, 0.1) is 0 Å². The van der Waals surface area contributed by atoms with E-state index in [9.17, 15) is 9.59 Å². The second-order valence-electron chi connectivity index (χ2n) is 4.33. The molecule has 2 rings (SSSR count). The van der Waals surface area contributed by atoms with E-state index in [1.165, 1.54) is 0 Å². The fourth-order valence-corrected chi connectivity index (χ4v) is 1.87. The smallest absolute Gasteiger partial charge is 0.207 e. The Bertz CT molecular complexity index is 523. The number of hydrogen-bond donors (Lipinski definition) is 2. The first kappa shape index (κ1) is 13.9. The fraction of sp³-hybridized carbons (Fsp3) is 0.286. The lowest BCUT2D eigenvalue weighted by molar-refractivity contribution is -0.110. The highest BCUT2D eigenvalue weighted by Crippen LogP contribution is 2.27. The van der Waals surface area contributed by atoms with Crippen molar-refractivity contribution in [2.45, 2.75) is 25.9 Å². The van der Waals surface area contributed by atoms with Crippen LogP contribution >= 0.6 is 0 Å². The van der Waals surface area contributed by atoms with Gasteiger partial charge in [-0.15, -0.1) is 0 Å². The summed E-state index contributed by atoms with van der Waals surface area (Å²) < 4.78 is 11.3. The lowest BCUT2D eigenvalue weighted by Gasteiger charge is -2.05. The van der Waals surface area contributed by atoms with Gasteiger partial charge in [-0.2, -0.15) is 0 Å². The van der Waals surface area contributed by atoms with Crippen LogP contribution in [0.3, 0.4) is 0 Å². The second-order valence-corrected chi connectivity index (χ2v) is 4.33. The standard InChI is InChI=1S/C14H16N2O4/c1-10(13-4-2-11(19-13)6-15-8-17)14-5-3-12(20-14)7-16-9-18/h2-5,8-10H,6-7H2,1H3,(H,15,17)(H,16,18). The summed E-state index contributed by atoms with van der Waals surface area (Å²) in [5, 5.41) is 5.09. The van der Waals surface area contributed by atoms with Crippen LogP contribution in [-0.4, -0.2) is 12.8 Å². The van der Waals surface area contributed by atoms with Gasteiger partial charge in [0, 0.05) is 0 Å². The summed E-state index contributed by atoms with van der Waals surface area (Å²) in [6, 6.07) is 7.36. The summed E-state index contributed by atoms with van der Waals surface area (Å²) in [5.41, 5.74) is 0. The van der Waals surface area contributed by atoms with E-state index in [4.69, 9.17) is 8.83 Å². The molecule has 20 heavy (non-hydrogen) atoms. The zero-order chi connectivity index (χ0) is 14.4. The summed E-state index contributed by atoms with van der Waals surface area (Å²) in [6.07, 6.45) is 1.26. The Morgan fingerprint density at radius 2 is 1.40 bits per heavy atom. The van der Waals surface area contributed by atoms with Crippen LogP contribution < -0.4 is 10.6 Å². The molecule has 0 aliphatic carbocycles. The number of hydrogen-bond acceptors (Lipinski definition) is 4. The van der Waals surface area contributed by atoms with Crippen molar-refractivity contribution >= 4 is 12.8 Å². The number of nitrogens with one attached hydrogen (secondary N) is 2. The molecule has 0 atom stereocenters. The summed E-state index contributed by atoms with van der Waals surface area (Å²) in [7, 11) is 0. The van der Waals surface area contributed by atoms with Gasteiger partial charge >= 0.3 is 0 Å². The molecule has 0 radical (unpaired) electrons. The van der Waals surface area contributed by atoms with Gasteiger partial charge in [-0.25, -0.2) is 0 Å². The highest BCUT2D eigenvalue weighted by Gasteiger charge is 2.16. The van der Waals surface area contributed by atoms with E-state index in [1.807, 2.05) is 31.2 Å². The summed E-state index contributed by atoms with van der Waals surface area (Å²) >= 11 is 0. The van der Waals surface area contributed by atoms with Gasteiger partial charge in [-0.3, -0.25) is 9.59 Å². The topological polar surface area (TPSA) is 84.5 Å². The number of carbonyl (C=O) groups excluding carboxylic acids is 2. The van der Waals surface area contributed by atoms with Gasteiger partial charge in [0.1, 0.15) is 23.0 Å². The molecule has 0 saturated heterocycles. The number of rotatable bonds is 8. The number of carbonyl (C=O) groups is 2. The first-order chi connectivity index (χ1) is 9.74. The van der Waals surface area contributed by atoms with Crippen LogP contribution in [0.25, 0.3) is 0 Å². The largest absolute Gasteiger partial charge is 0.463 e. The van der Waals surface area contributed by atoms with Crippen molar-refractivity contribution < 1.29 is 18.4 Å². The zero-order valence-electron chi connectivity index (χ0n) is 11.1. The Labute approximate surface area is 116 Å². The van der Waals surface area contributed by atoms with E-state index in [2.05, 4.69) is 10.6 Å². The van der Waals surface area contributed by atoms with Crippen LogP contribution in [0.5, 0.6) is 0 Å². The monoisotopic (exact) mass is 276 g/mol. The first-order valence-electron chi connectivity index (χ1n) is 6.26. The van der Waals surface area contributed by atoms with Crippen molar-refractivity contribution in [2.24, 2.45) is 0 Å². The van der Waals surface area contributed by atoms with E-state index in [0.717, 1.165) is 11.5 Å². The van der Waals surface area contributed by atoms with Crippen molar-refractivity contribution in [2.75, 3.05) is 0 Å². The van der Waals surface area contributed by atoms with Gasteiger partial charge in [-0.1, -0.05) is 0 Å². The molecule has 0 saturated carbocycles. The molecule has 106 valence electrons. The molecule has 0 bridgehead atoms. The van der Waals surface area contributed by atoms with Gasteiger partial charge in [0.25, 0.3) is 0 Å². The summed E-state index contributed by atoms with van der Waals surface area (Å²) in [4.78, 5) is 20.5. The lowest BCUT2D eigenvalue weighted by Crippen LogP contribution is -2.08. The van der Waals surface area contributed by atoms with E-state index in [0.29, 0.717) is 37.4 Å².